The molecule has 0 radical (unpaired) electrons. The molecule has 0 aliphatic heterocycles. The van der Waals surface area contributed by atoms with E-state index in [9.17, 15) is 0 Å². The zero-order chi connectivity index (χ0) is 15.1. The second-order valence-corrected chi connectivity index (χ2v) is 5.48. The first kappa shape index (κ1) is 15.4. The standard InChI is InChI=1S/C16H20N4S/c1-4-10-20(3)18-9-8-13(5-2)19-14-6-7-16-15(11-14)17-12-21-16/h4,6-9,11-12,18H,1,5,10H2,2-3H3. The van der Waals surface area contributed by atoms with Crippen LogP contribution in [0.25, 0.3) is 10.2 Å². The summed E-state index contributed by atoms with van der Waals surface area (Å²) in [5, 5.41) is 1.94. The summed E-state index contributed by atoms with van der Waals surface area (Å²) >= 11 is 1.65. The molecule has 0 unspecified atom stereocenters. The predicted molar refractivity (Wildman–Crippen MR) is 92.1 cm³/mol. The van der Waals surface area contributed by atoms with Gasteiger partial charge in [0.2, 0.25) is 0 Å². The number of rotatable bonds is 7. The third-order valence-electron chi connectivity index (χ3n) is 2.92. The summed E-state index contributed by atoms with van der Waals surface area (Å²) in [6.45, 7) is 6.58. The van der Waals surface area contributed by atoms with Crippen molar-refractivity contribution in [2.75, 3.05) is 13.6 Å². The maximum absolute atomic E-state index is 4.67. The number of hydrogen-bond acceptors (Lipinski definition) is 5. The number of aliphatic imine (C=N–C) groups is 1. The molecule has 0 aliphatic rings. The van der Waals surface area contributed by atoms with Crippen LogP contribution >= 0.6 is 11.3 Å². The van der Waals surface area contributed by atoms with Gasteiger partial charge in [0.1, 0.15) is 0 Å². The van der Waals surface area contributed by atoms with E-state index in [4.69, 9.17) is 0 Å². The molecule has 0 fully saturated rings. The van der Waals surface area contributed by atoms with E-state index in [0.717, 1.165) is 29.9 Å². The molecule has 0 spiro atoms. The lowest BCUT2D eigenvalue weighted by molar-refractivity contribution is 0.308. The van der Waals surface area contributed by atoms with Crippen molar-refractivity contribution >= 4 is 33.0 Å². The molecule has 2 aromatic rings. The smallest absolute Gasteiger partial charge is 0.0833 e. The third kappa shape index (κ3) is 4.51. The van der Waals surface area contributed by atoms with Crippen LogP contribution in [0.5, 0.6) is 0 Å². The maximum atomic E-state index is 4.67. The molecule has 0 saturated carbocycles. The molecule has 0 saturated heterocycles. The van der Waals surface area contributed by atoms with E-state index in [-0.39, 0.29) is 0 Å². The Morgan fingerprint density at radius 2 is 2.38 bits per heavy atom. The van der Waals surface area contributed by atoms with Gasteiger partial charge in [-0.15, -0.1) is 17.9 Å². The number of nitrogens with zero attached hydrogens (tertiary/aromatic N) is 3. The highest BCUT2D eigenvalue weighted by Crippen LogP contribution is 2.23. The Bertz CT molecular complexity index is 657. The zero-order valence-electron chi connectivity index (χ0n) is 12.4. The summed E-state index contributed by atoms with van der Waals surface area (Å²) in [6.07, 6.45) is 6.61. The molecular weight excluding hydrogens is 280 g/mol. The second-order valence-electron chi connectivity index (χ2n) is 4.59. The summed E-state index contributed by atoms with van der Waals surface area (Å²) in [4.78, 5) is 8.99. The minimum absolute atomic E-state index is 0.781. The minimum Gasteiger partial charge on any atom is -0.326 e. The molecule has 1 heterocycles. The average Bonchev–Trinajstić information content (AvgIpc) is 2.94. The van der Waals surface area contributed by atoms with Crippen molar-refractivity contribution in [2.24, 2.45) is 4.99 Å². The van der Waals surface area contributed by atoms with Gasteiger partial charge in [0.15, 0.2) is 0 Å². The van der Waals surface area contributed by atoms with Gasteiger partial charge in [-0.05, 0) is 30.7 Å². The summed E-state index contributed by atoms with van der Waals surface area (Å²) < 4.78 is 1.19. The fourth-order valence-electron chi connectivity index (χ4n) is 1.82. The first-order valence-corrected chi connectivity index (χ1v) is 7.76. The maximum Gasteiger partial charge on any atom is 0.0833 e. The lowest BCUT2D eigenvalue weighted by Crippen LogP contribution is -2.29. The number of fused-ring (bicyclic) bond motifs is 1. The van der Waals surface area contributed by atoms with E-state index < -0.39 is 0 Å². The van der Waals surface area contributed by atoms with Crippen LogP contribution in [0.15, 0.2) is 53.6 Å². The number of hydrazine groups is 1. The van der Waals surface area contributed by atoms with Crippen molar-refractivity contribution in [3.8, 4) is 0 Å². The van der Waals surface area contributed by atoms with E-state index >= 15 is 0 Å². The van der Waals surface area contributed by atoms with E-state index in [0.29, 0.717) is 0 Å². The largest absolute Gasteiger partial charge is 0.326 e. The van der Waals surface area contributed by atoms with Crippen LogP contribution < -0.4 is 5.43 Å². The lowest BCUT2D eigenvalue weighted by Gasteiger charge is -2.13. The zero-order valence-corrected chi connectivity index (χ0v) is 13.2. The molecule has 21 heavy (non-hydrogen) atoms. The molecule has 0 aliphatic carbocycles. The molecule has 110 valence electrons. The highest BCUT2D eigenvalue weighted by molar-refractivity contribution is 7.16. The minimum atomic E-state index is 0.781. The highest BCUT2D eigenvalue weighted by atomic mass is 32.1. The molecule has 2 rings (SSSR count). The molecule has 1 aromatic carbocycles. The van der Waals surface area contributed by atoms with Gasteiger partial charge < -0.3 is 5.43 Å². The molecule has 1 N–H and O–H groups in total. The lowest BCUT2D eigenvalue weighted by atomic mass is 10.2. The van der Waals surface area contributed by atoms with Crippen molar-refractivity contribution < 1.29 is 0 Å². The second kappa shape index (κ2) is 7.71. The van der Waals surface area contributed by atoms with Gasteiger partial charge in [-0.1, -0.05) is 13.0 Å². The van der Waals surface area contributed by atoms with Gasteiger partial charge in [-0.3, -0.25) is 4.99 Å². The Kier molecular flexibility index (Phi) is 5.66. The number of thiazole rings is 1. The number of likely N-dealkylation sites (N-methyl/N-ethyl adjacent to an activating group) is 1. The molecule has 5 heteroatoms. The number of allylic oxidation sites excluding steroid dienone is 1. The monoisotopic (exact) mass is 300 g/mol. The summed E-state index contributed by atoms with van der Waals surface area (Å²) in [5.41, 5.74) is 7.97. The van der Waals surface area contributed by atoms with Gasteiger partial charge in [0.25, 0.3) is 0 Å². The quantitative estimate of drug-likeness (QED) is 0.479. The van der Waals surface area contributed by atoms with Gasteiger partial charge in [-0.25, -0.2) is 9.99 Å². The van der Waals surface area contributed by atoms with E-state index in [1.165, 1.54) is 4.70 Å². The Labute approximate surface area is 129 Å². The number of nitrogens with one attached hydrogen (secondary N) is 1. The Hall–Kier alpha value is -1.98. The molecule has 0 amide bonds. The molecule has 0 atom stereocenters. The number of hydrogen-bond donors (Lipinski definition) is 1. The van der Waals surface area contributed by atoms with Gasteiger partial charge in [0, 0.05) is 25.5 Å². The predicted octanol–water partition coefficient (Wildman–Crippen LogP) is 3.91. The first-order valence-electron chi connectivity index (χ1n) is 6.88. The molecular formula is C16H20N4S. The van der Waals surface area contributed by atoms with Crippen molar-refractivity contribution in [3.05, 3.63) is 48.6 Å². The topological polar surface area (TPSA) is 40.5 Å². The molecule has 0 bridgehead atoms. The van der Waals surface area contributed by atoms with Crippen LogP contribution in [-0.2, 0) is 0 Å². The Morgan fingerprint density at radius 1 is 1.52 bits per heavy atom. The van der Waals surface area contributed by atoms with Crippen LogP contribution in [0.4, 0.5) is 5.69 Å². The van der Waals surface area contributed by atoms with Crippen LogP contribution in [0.2, 0.25) is 0 Å². The Morgan fingerprint density at radius 3 is 3.14 bits per heavy atom. The van der Waals surface area contributed by atoms with Gasteiger partial charge >= 0.3 is 0 Å². The van der Waals surface area contributed by atoms with Gasteiger partial charge in [-0.2, -0.15) is 0 Å². The molecule has 1 aromatic heterocycles. The average molecular weight is 300 g/mol. The van der Waals surface area contributed by atoms with E-state index in [1.54, 1.807) is 11.3 Å². The number of benzene rings is 1. The van der Waals surface area contributed by atoms with Crippen molar-refractivity contribution in [1.82, 2.24) is 15.4 Å². The summed E-state index contributed by atoms with van der Waals surface area (Å²) in [5.74, 6) is 0. The van der Waals surface area contributed by atoms with Crippen molar-refractivity contribution in [3.63, 3.8) is 0 Å². The van der Waals surface area contributed by atoms with Crippen molar-refractivity contribution in [2.45, 2.75) is 13.3 Å². The fourth-order valence-corrected chi connectivity index (χ4v) is 2.48. The van der Waals surface area contributed by atoms with E-state index in [1.807, 2.05) is 48.1 Å². The van der Waals surface area contributed by atoms with Crippen LogP contribution in [-0.4, -0.2) is 29.3 Å². The number of aromatic nitrogens is 1. The SMILES string of the molecule is C=CCN(C)NC=CC(CC)=Nc1ccc2scnc2c1. The summed E-state index contributed by atoms with van der Waals surface area (Å²) in [7, 11) is 1.96. The summed E-state index contributed by atoms with van der Waals surface area (Å²) in [6, 6.07) is 6.12. The van der Waals surface area contributed by atoms with Gasteiger partial charge in [0.05, 0.1) is 21.4 Å². The molecule has 4 nitrogen and oxygen atoms in total. The van der Waals surface area contributed by atoms with Crippen molar-refractivity contribution in [1.29, 1.82) is 0 Å². The van der Waals surface area contributed by atoms with E-state index in [2.05, 4.69) is 35.0 Å². The Balaban J connectivity index is 2.08. The highest BCUT2D eigenvalue weighted by Gasteiger charge is 1.99. The normalized spacial score (nSPS) is 12.4. The first-order chi connectivity index (χ1) is 10.2. The van der Waals surface area contributed by atoms with Crippen LogP contribution in [0.1, 0.15) is 13.3 Å². The van der Waals surface area contributed by atoms with Crippen LogP contribution in [0.3, 0.4) is 0 Å². The third-order valence-corrected chi connectivity index (χ3v) is 3.73. The fraction of sp³-hybridized carbons (Fsp3) is 0.250. The van der Waals surface area contributed by atoms with Crippen LogP contribution in [0, 0.1) is 0 Å².